The van der Waals surface area contributed by atoms with E-state index in [-0.39, 0.29) is 5.91 Å². The predicted octanol–water partition coefficient (Wildman–Crippen LogP) is 3.83. The van der Waals surface area contributed by atoms with Crippen molar-refractivity contribution in [2.45, 2.75) is 6.42 Å². The van der Waals surface area contributed by atoms with Gasteiger partial charge in [-0.3, -0.25) is 9.78 Å². The molecular weight excluding hydrogens is 334 g/mol. The average molecular weight is 349 g/mol. The Labute approximate surface area is 149 Å². The van der Waals surface area contributed by atoms with E-state index in [9.17, 15) is 4.79 Å². The minimum Gasteiger partial charge on any atom is -0.496 e. The molecule has 1 N–H and O–H groups in total. The molecule has 0 radical (unpaired) electrons. The lowest BCUT2D eigenvalue weighted by Crippen LogP contribution is -2.29. The summed E-state index contributed by atoms with van der Waals surface area (Å²) in [7, 11) is 1.64. The summed E-state index contributed by atoms with van der Waals surface area (Å²) in [6, 6.07) is 14.0. The number of rotatable bonds is 3. The molecule has 0 spiro atoms. The molecule has 25 heavy (non-hydrogen) atoms. The first-order chi connectivity index (χ1) is 12.3. The first kappa shape index (κ1) is 15.5. The van der Waals surface area contributed by atoms with Crippen LogP contribution in [-0.4, -0.2) is 23.8 Å². The standard InChI is InChI=1S/C19H15N3O2S/c1-24-15-8-7-13(12-5-3-2-4-6-12)18-14(15)9-17(21-18)22-19(23)16-10-20-11-25-16/h2-8,10-11H,9H2,1H3,(H,21,22,23). The summed E-state index contributed by atoms with van der Waals surface area (Å²) in [5, 5.41) is 2.88. The third-order valence-corrected chi connectivity index (χ3v) is 4.82. The van der Waals surface area contributed by atoms with Crippen molar-refractivity contribution in [2.75, 3.05) is 7.11 Å². The van der Waals surface area contributed by atoms with Crippen LogP contribution in [0, 0.1) is 0 Å². The van der Waals surface area contributed by atoms with Crippen molar-refractivity contribution in [3.63, 3.8) is 0 Å². The molecule has 0 atom stereocenters. The zero-order valence-corrected chi connectivity index (χ0v) is 14.3. The molecule has 0 bridgehead atoms. The second-order valence-electron chi connectivity index (χ2n) is 5.56. The van der Waals surface area contributed by atoms with Crippen LogP contribution in [0.25, 0.3) is 11.1 Å². The van der Waals surface area contributed by atoms with Gasteiger partial charge in [0.15, 0.2) is 0 Å². The van der Waals surface area contributed by atoms with Gasteiger partial charge >= 0.3 is 0 Å². The van der Waals surface area contributed by atoms with Gasteiger partial charge in [-0.15, -0.1) is 11.3 Å². The van der Waals surface area contributed by atoms with Gasteiger partial charge in [0.1, 0.15) is 16.5 Å². The highest BCUT2D eigenvalue weighted by atomic mass is 32.1. The highest BCUT2D eigenvalue weighted by molar-refractivity contribution is 7.11. The van der Waals surface area contributed by atoms with E-state index < -0.39 is 0 Å². The Hall–Kier alpha value is -2.99. The number of nitrogens with zero attached hydrogens (tertiary/aromatic N) is 2. The minimum absolute atomic E-state index is 0.186. The van der Waals surface area contributed by atoms with Crippen molar-refractivity contribution < 1.29 is 9.53 Å². The summed E-state index contributed by atoms with van der Waals surface area (Å²) in [5.74, 6) is 1.21. The van der Waals surface area contributed by atoms with Gasteiger partial charge in [0.2, 0.25) is 0 Å². The highest BCUT2D eigenvalue weighted by Crippen LogP contribution is 2.42. The number of amides is 1. The number of nitrogens with one attached hydrogen (secondary N) is 1. The Morgan fingerprint density at radius 2 is 2.04 bits per heavy atom. The third kappa shape index (κ3) is 2.92. The molecule has 1 amide bonds. The van der Waals surface area contributed by atoms with Crippen LogP contribution in [0.4, 0.5) is 5.69 Å². The average Bonchev–Trinajstić information content (AvgIpc) is 3.31. The van der Waals surface area contributed by atoms with E-state index in [0.29, 0.717) is 17.1 Å². The maximum absolute atomic E-state index is 12.3. The number of hydrogen-bond acceptors (Lipinski definition) is 5. The van der Waals surface area contributed by atoms with Crippen LogP contribution in [0.1, 0.15) is 15.2 Å². The molecule has 4 rings (SSSR count). The molecule has 1 aliphatic heterocycles. The SMILES string of the molecule is COc1ccc(-c2ccccc2)c2c1CC(NC(=O)c1cncs1)=N2. The Morgan fingerprint density at radius 3 is 2.76 bits per heavy atom. The van der Waals surface area contributed by atoms with Gasteiger partial charge in [0.05, 0.1) is 24.5 Å². The summed E-state index contributed by atoms with van der Waals surface area (Å²) in [6.07, 6.45) is 2.09. The number of hydrogen-bond donors (Lipinski definition) is 1. The highest BCUT2D eigenvalue weighted by Gasteiger charge is 2.24. The number of thiazole rings is 1. The van der Waals surface area contributed by atoms with Crippen molar-refractivity contribution in [1.29, 1.82) is 0 Å². The van der Waals surface area contributed by atoms with E-state index in [1.165, 1.54) is 11.3 Å². The molecule has 124 valence electrons. The molecule has 2 aromatic carbocycles. The molecule has 3 aromatic rings. The number of amidine groups is 1. The monoisotopic (exact) mass is 349 g/mol. The number of carbonyl (C=O) groups is 1. The fraction of sp³-hybridized carbons (Fsp3) is 0.105. The number of aliphatic imine (C=N–C) groups is 1. The molecule has 0 saturated heterocycles. The topological polar surface area (TPSA) is 63.6 Å². The lowest BCUT2D eigenvalue weighted by atomic mass is 9.99. The zero-order valence-electron chi connectivity index (χ0n) is 13.5. The van der Waals surface area contributed by atoms with Gasteiger partial charge < -0.3 is 10.1 Å². The Kier molecular flexibility index (Phi) is 4.03. The van der Waals surface area contributed by atoms with Gasteiger partial charge in [-0.25, -0.2) is 4.99 Å². The lowest BCUT2D eigenvalue weighted by Gasteiger charge is -2.10. The maximum atomic E-state index is 12.3. The van der Waals surface area contributed by atoms with Gasteiger partial charge in [-0.1, -0.05) is 30.3 Å². The van der Waals surface area contributed by atoms with Crippen LogP contribution >= 0.6 is 11.3 Å². The van der Waals surface area contributed by atoms with E-state index in [1.54, 1.807) is 18.8 Å². The quantitative estimate of drug-likeness (QED) is 0.781. The largest absolute Gasteiger partial charge is 0.496 e. The maximum Gasteiger partial charge on any atom is 0.268 e. The number of benzene rings is 2. The van der Waals surface area contributed by atoms with Crippen molar-refractivity contribution in [1.82, 2.24) is 10.3 Å². The second kappa shape index (κ2) is 6.49. The Morgan fingerprint density at radius 1 is 1.20 bits per heavy atom. The molecule has 1 aliphatic rings. The van der Waals surface area contributed by atoms with Crippen LogP contribution in [0.2, 0.25) is 0 Å². The summed E-state index contributed by atoms with van der Waals surface area (Å²) < 4.78 is 5.48. The second-order valence-corrected chi connectivity index (χ2v) is 6.45. The van der Waals surface area contributed by atoms with Gasteiger partial charge in [-0.05, 0) is 17.7 Å². The van der Waals surface area contributed by atoms with E-state index >= 15 is 0 Å². The zero-order chi connectivity index (χ0) is 17.2. The van der Waals surface area contributed by atoms with E-state index in [1.807, 2.05) is 42.5 Å². The first-order valence-corrected chi connectivity index (χ1v) is 8.67. The smallest absolute Gasteiger partial charge is 0.268 e. The van der Waals surface area contributed by atoms with Crippen LogP contribution in [0.5, 0.6) is 5.75 Å². The van der Waals surface area contributed by atoms with Crippen molar-refractivity contribution in [3.05, 3.63) is 64.6 Å². The van der Waals surface area contributed by atoms with Crippen LogP contribution in [-0.2, 0) is 6.42 Å². The lowest BCUT2D eigenvalue weighted by molar-refractivity contribution is 0.0980. The third-order valence-electron chi connectivity index (χ3n) is 4.05. The fourth-order valence-corrected chi connectivity index (χ4v) is 3.41. The van der Waals surface area contributed by atoms with Crippen LogP contribution in [0.3, 0.4) is 0 Å². The number of ether oxygens (including phenoxy) is 1. The van der Waals surface area contributed by atoms with Crippen molar-refractivity contribution in [3.8, 4) is 16.9 Å². The Bertz CT molecular complexity index is 950. The van der Waals surface area contributed by atoms with Crippen molar-refractivity contribution in [2.24, 2.45) is 4.99 Å². The predicted molar refractivity (Wildman–Crippen MR) is 98.8 cm³/mol. The molecule has 6 heteroatoms. The van der Waals surface area contributed by atoms with E-state index in [2.05, 4.69) is 15.3 Å². The van der Waals surface area contributed by atoms with Gasteiger partial charge in [0.25, 0.3) is 5.91 Å². The summed E-state index contributed by atoms with van der Waals surface area (Å²) >= 11 is 1.30. The normalized spacial score (nSPS) is 12.4. The molecule has 0 unspecified atom stereocenters. The number of aromatic nitrogens is 1. The van der Waals surface area contributed by atoms with Crippen molar-refractivity contribution >= 4 is 28.8 Å². The molecule has 1 aromatic heterocycles. The van der Waals surface area contributed by atoms with E-state index in [4.69, 9.17) is 4.74 Å². The summed E-state index contributed by atoms with van der Waals surface area (Å²) in [5.41, 5.74) is 5.59. The molecule has 5 nitrogen and oxygen atoms in total. The van der Waals surface area contributed by atoms with Crippen LogP contribution in [0.15, 0.2) is 59.2 Å². The summed E-state index contributed by atoms with van der Waals surface area (Å²) in [4.78, 5) is 21.4. The summed E-state index contributed by atoms with van der Waals surface area (Å²) in [6.45, 7) is 0. The van der Waals surface area contributed by atoms with Crippen LogP contribution < -0.4 is 10.1 Å². The molecular formula is C19H15N3O2S. The van der Waals surface area contributed by atoms with E-state index in [0.717, 1.165) is 28.1 Å². The molecule has 0 saturated carbocycles. The molecule has 2 heterocycles. The number of carbonyl (C=O) groups excluding carboxylic acids is 1. The van der Waals surface area contributed by atoms with Gasteiger partial charge in [0, 0.05) is 17.5 Å². The first-order valence-electron chi connectivity index (χ1n) is 7.79. The molecule has 0 fully saturated rings. The number of fused-ring (bicyclic) bond motifs is 1. The molecule has 0 aliphatic carbocycles. The Balaban J connectivity index is 1.70. The fourth-order valence-electron chi connectivity index (χ4n) is 2.89. The van der Waals surface area contributed by atoms with Gasteiger partial charge in [-0.2, -0.15) is 0 Å². The minimum atomic E-state index is -0.186. The number of methoxy groups -OCH3 is 1.